The number of hydrogen-bond donors (Lipinski definition) is 2. The summed E-state index contributed by atoms with van der Waals surface area (Å²) in [6, 6.07) is 4.43. The van der Waals surface area contributed by atoms with E-state index < -0.39 is 23.3 Å². The lowest BCUT2D eigenvalue weighted by Crippen LogP contribution is -2.55. The van der Waals surface area contributed by atoms with Gasteiger partial charge in [-0.1, -0.05) is 0 Å². The number of carbonyl (C=O) groups excluding carboxylic acids is 3. The highest BCUT2D eigenvalue weighted by atomic mass is 16.2. The summed E-state index contributed by atoms with van der Waals surface area (Å²) < 4.78 is 0. The van der Waals surface area contributed by atoms with E-state index in [1.54, 1.807) is 0 Å². The van der Waals surface area contributed by atoms with Crippen LogP contribution in [0.4, 0.5) is 5.69 Å². The molecule has 0 saturated heterocycles. The second kappa shape index (κ2) is 3.56. The zero-order chi connectivity index (χ0) is 13.7. The maximum Gasteiger partial charge on any atom is 0.262 e. The van der Waals surface area contributed by atoms with E-state index in [1.807, 2.05) is 0 Å². The number of fused-ring (bicyclic) bond motifs is 1. The zero-order valence-electron chi connectivity index (χ0n) is 10.1. The Morgan fingerprint density at radius 3 is 2.28 bits per heavy atom. The fraction of sp³-hybridized carbons (Fsp3) is 0.250. The molecule has 0 radical (unpaired) electrons. The van der Waals surface area contributed by atoms with Crippen LogP contribution in [-0.2, 0) is 4.79 Å². The first-order chi connectivity index (χ1) is 8.26. The molecule has 6 heteroatoms. The molecule has 18 heavy (non-hydrogen) atoms. The van der Waals surface area contributed by atoms with Gasteiger partial charge in [-0.05, 0) is 32.0 Å². The molecule has 0 spiro atoms. The van der Waals surface area contributed by atoms with Gasteiger partial charge in [0.15, 0.2) is 0 Å². The van der Waals surface area contributed by atoms with E-state index in [4.69, 9.17) is 11.5 Å². The molecule has 0 aromatic heterocycles. The number of anilines is 1. The van der Waals surface area contributed by atoms with Gasteiger partial charge < -0.3 is 11.5 Å². The molecule has 0 aliphatic carbocycles. The summed E-state index contributed by atoms with van der Waals surface area (Å²) in [6.07, 6.45) is 0. The lowest BCUT2D eigenvalue weighted by atomic mass is 10.0. The molecule has 2 rings (SSSR count). The van der Waals surface area contributed by atoms with Gasteiger partial charge in [0, 0.05) is 5.69 Å². The summed E-state index contributed by atoms with van der Waals surface area (Å²) in [7, 11) is 0. The predicted octanol–water partition coefficient (Wildman–Crippen LogP) is 0.129. The number of rotatable bonds is 2. The Morgan fingerprint density at radius 2 is 1.72 bits per heavy atom. The number of nitrogens with zero attached hydrogens (tertiary/aromatic N) is 1. The molecule has 3 amide bonds. The van der Waals surface area contributed by atoms with E-state index >= 15 is 0 Å². The van der Waals surface area contributed by atoms with Crippen LogP contribution in [0.25, 0.3) is 0 Å². The fourth-order valence-corrected chi connectivity index (χ4v) is 1.88. The van der Waals surface area contributed by atoms with Crippen molar-refractivity contribution >= 4 is 23.4 Å². The zero-order valence-corrected chi connectivity index (χ0v) is 10.1. The Balaban J connectivity index is 2.56. The minimum absolute atomic E-state index is 0.203. The van der Waals surface area contributed by atoms with Gasteiger partial charge >= 0.3 is 0 Å². The second-order valence-corrected chi connectivity index (χ2v) is 4.67. The van der Waals surface area contributed by atoms with Gasteiger partial charge in [0.05, 0.1) is 11.1 Å². The quantitative estimate of drug-likeness (QED) is 0.572. The molecule has 1 aromatic rings. The van der Waals surface area contributed by atoms with Crippen LogP contribution in [0.5, 0.6) is 0 Å². The molecular formula is C12H13N3O3. The van der Waals surface area contributed by atoms with Gasteiger partial charge in [-0.25, -0.2) is 0 Å². The van der Waals surface area contributed by atoms with Crippen LogP contribution in [0, 0.1) is 0 Å². The number of hydrogen-bond acceptors (Lipinski definition) is 4. The van der Waals surface area contributed by atoms with E-state index in [9.17, 15) is 14.4 Å². The van der Waals surface area contributed by atoms with Gasteiger partial charge in [0.1, 0.15) is 5.54 Å². The Kier molecular flexibility index (Phi) is 2.39. The van der Waals surface area contributed by atoms with Crippen molar-refractivity contribution in [2.75, 3.05) is 5.73 Å². The van der Waals surface area contributed by atoms with E-state index in [2.05, 4.69) is 0 Å². The summed E-state index contributed by atoms with van der Waals surface area (Å²) >= 11 is 0. The second-order valence-electron chi connectivity index (χ2n) is 4.67. The first-order valence-electron chi connectivity index (χ1n) is 5.35. The van der Waals surface area contributed by atoms with Crippen LogP contribution in [0.2, 0.25) is 0 Å². The lowest BCUT2D eigenvalue weighted by Gasteiger charge is -2.30. The van der Waals surface area contributed by atoms with Crippen LogP contribution in [0.3, 0.4) is 0 Å². The smallest absolute Gasteiger partial charge is 0.262 e. The molecular weight excluding hydrogens is 234 g/mol. The summed E-state index contributed by atoms with van der Waals surface area (Å²) in [5, 5.41) is 0. The average Bonchev–Trinajstić information content (AvgIpc) is 2.51. The summed E-state index contributed by atoms with van der Waals surface area (Å²) in [4.78, 5) is 36.5. The number of primary amides is 1. The van der Waals surface area contributed by atoms with Crippen molar-refractivity contribution in [3.63, 3.8) is 0 Å². The van der Waals surface area contributed by atoms with Crippen molar-refractivity contribution in [1.82, 2.24) is 4.90 Å². The third-order valence-corrected chi connectivity index (χ3v) is 3.07. The molecule has 0 bridgehead atoms. The maximum atomic E-state index is 12.2. The normalized spacial score (nSPS) is 14.9. The molecule has 1 heterocycles. The van der Waals surface area contributed by atoms with Gasteiger partial charge in [-0.3, -0.25) is 19.3 Å². The number of benzene rings is 1. The fourth-order valence-electron chi connectivity index (χ4n) is 1.88. The predicted molar refractivity (Wildman–Crippen MR) is 64.6 cm³/mol. The summed E-state index contributed by atoms with van der Waals surface area (Å²) in [5.41, 5.74) is 10.3. The molecule has 0 fully saturated rings. The first-order valence-corrected chi connectivity index (χ1v) is 5.35. The molecule has 1 aliphatic rings. The number of nitrogens with two attached hydrogens (primary N) is 2. The van der Waals surface area contributed by atoms with Gasteiger partial charge in [-0.15, -0.1) is 0 Å². The van der Waals surface area contributed by atoms with Gasteiger partial charge in [0.25, 0.3) is 11.8 Å². The molecule has 4 N–H and O–H groups in total. The van der Waals surface area contributed by atoms with Crippen molar-refractivity contribution in [1.29, 1.82) is 0 Å². The van der Waals surface area contributed by atoms with Crippen molar-refractivity contribution in [2.24, 2.45) is 5.73 Å². The van der Waals surface area contributed by atoms with Gasteiger partial charge in [0.2, 0.25) is 5.91 Å². The van der Waals surface area contributed by atoms with Crippen LogP contribution in [0.15, 0.2) is 18.2 Å². The van der Waals surface area contributed by atoms with E-state index in [0.717, 1.165) is 4.90 Å². The molecule has 0 saturated carbocycles. The van der Waals surface area contributed by atoms with Crippen LogP contribution < -0.4 is 11.5 Å². The highest BCUT2D eigenvalue weighted by Gasteiger charge is 2.47. The Hall–Kier alpha value is -2.37. The first kappa shape index (κ1) is 12.1. The number of nitrogen functional groups attached to an aromatic ring is 1. The Bertz CT molecular complexity index is 578. The van der Waals surface area contributed by atoms with E-state index in [1.165, 1.54) is 32.0 Å². The minimum Gasteiger partial charge on any atom is -0.399 e. The van der Waals surface area contributed by atoms with E-state index in [-0.39, 0.29) is 11.1 Å². The molecule has 1 aliphatic heterocycles. The third kappa shape index (κ3) is 1.46. The highest BCUT2D eigenvalue weighted by molar-refractivity contribution is 6.23. The van der Waals surface area contributed by atoms with Crippen molar-refractivity contribution in [2.45, 2.75) is 19.4 Å². The Morgan fingerprint density at radius 1 is 1.17 bits per heavy atom. The third-order valence-electron chi connectivity index (χ3n) is 3.07. The molecule has 0 unspecified atom stereocenters. The summed E-state index contributed by atoms with van der Waals surface area (Å²) in [5.74, 6) is -1.82. The van der Waals surface area contributed by atoms with E-state index in [0.29, 0.717) is 5.69 Å². The number of carbonyl (C=O) groups is 3. The minimum atomic E-state index is -1.37. The number of imide groups is 1. The molecule has 1 aromatic carbocycles. The standard InChI is InChI=1S/C12H13N3O3/c1-12(2,11(14)18)15-9(16)7-4-3-6(13)5-8(7)10(15)17/h3-5H,13H2,1-2H3,(H2,14,18). The maximum absolute atomic E-state index is 12.2. The summed E-state index contributed by atoms with van der Waals surface area (Å²) in [6.45, 7) is 2.86. The number of amides is 3. The van der Waals surface area contributed by atoms with Crippen molar-refractivity contribution in [3.05, 3.63) is 29.3 Å². The topological polar surface area (TPSA) is 106 Å². The van der Waals surface area contributed by atoms with Crippen LogP contribution >= 0.6 is 0 Å². The SMILES string of the molecule is CC(C)(C(N)=O)N1C(=O)c2ccc(N)cc2C1=O. The Labute approximate surface area is 104 Å². The van der Waals surface area contributed by atoms with Gasteiger partial charge in [-0.2, -0.15) is 0 Å². The molecule has 94 valence electrons. The monoisotopic (exact) mass is 247 g/mol. The van der Waals surface area contributed by atoms with Crippen molar-refractivity contribution < 1.29 is 14.4 Å². The van der Waals surface area contributed by atoms with Crippen LogP contribution in [0.1, 0.15) is 34.6 Å². The largest absolute Gasteiger partial charge is 0.399 e. The molecule has 6 nitrogen and oxygen atoms in total. The van der Waals surface area contributed by atoms with Crippen molar-refractivity contribution in [3.8, 4) is 0 Å². The van der Waals surface area contributed by atoms with Crippen LogP contribution in [-0.4, -0.2) is 28.2 Å². The average molecular weight is 247 g/mol. The lowest BCUT2D eigenvalue weighted by molar-refractivity contribution is -0.125. The highest BCUT2D eigenvalue weighted by Crippen LogP contribution is 2.30. The molecule has 0 atom stereocenters.